The van der Waals surface area contributed by atoms with Crippen molar-refractivity contribution in [1.29, 1.82) is 0 Å². The summed E-state index contributed by atoms with van der Waals surface area (Å²) >= 11 is 0. The van der Waals surface area contributed by atoms with E-state index >= 15 is 0 Å². The Morgan fingerprint density at radius 2 is 1.66 bits per heavy atom. The molecule has 186 valence electrons. The second-order valence-electron chi connectivity index (χ2n) is 9.77. The van der Waals surface area contributed by atoms with E-state index in [1.54, 1.807) is 0 Å². The van der Waals surface area contributed by atoms with Crippen LogP contribution in [0.2, 0.25) is 0 Å². The molecular formula is C27H33N3O5. The van der Waals surface area contributed by atoms with Crippen molar-refractivity contribution in [3.63, 3.8) is 0 Å². The minimum atomic E-state index is -0.815. The highest BCUT2D eigenvalue weighted by atomic mass is 16.5. The summed E-state index contributed by atoms with van der Waals surface area (Å²) < 4.78 is 5.62. The van der Waals surface area contributed by atoms with E-state index < -0.39 is 18.1 Å². The fourth-order valence-electron chi connectivity index (χ4n) is 5.28. The predicted octanol–water partition coefficient (Wildman–Crippen LogP) is 3.21. The molecule has 2 aromatic rings. The van der Waals surface area contributed by atoms with E-state index in [2.05, 4.69) is 34.9 Å². The Morgan fingerprint density at radius 1 is 1.03 bits per heavy atom. The van der Waals surface area contributed by atoms with Crippen molar-refractivity contribution >= 4 is 18.0 Å². The molecule has 0 heterocycles. The van der Waals surface area contributed by atoms with Crippen molar-refractivity contribution in [3.05, 3.63) is 59.7 Å². The maximum Gasteiger partial charge on any atom is 0.407 e. The normalized spacial score (nSPS) is 19.6. The maximum absolute atomic E-state index is 13.0. The van der Waals surface area contributed by atoms with E-state index in [0.717, 1.165) is 35.1 Å². The number of benzene rings is 2. The Balaban J connectivity index is 1.35. The Hall–Kier alpha value is -3.39. The number of hydrogen-bond donors (Lipinski definition) is 3. The number of aliphatic carboxylic acids is 1. The van der Waals surface area contributed by atoms with Gasteiger partial charge in [-0.3, -0.25) is 9.59 Å². The summed E-state index contributed by atoms with van der Waals surface area (Å²) in [5.74, 6) is -1.09. The van der Waals surface area contributed by atoms with Crippen LogP contribution in [0.3, 0.4) is 0 Å². The van der Waals surface area contributed by atoms with Gasteiger partial charge in [-0.25, -0.2) is 4.79 Å². The van der Waals surface area contributed by atoms with Gasteiger partial charge in [-0.2, -0.15) is 0 Å². The number of rotatable bonds is 9. The zero-order valence-electron chi connectivity index (χ0n) is 20.2. The third-order valence-electron chi connectivity index (χ3n) is 6.85. The molecule has 0 unspecified atom stereocenters. The number of carbonyl (C=O) groups excluding carboxylic acids is 2. The highest BCUT2D eigenvalue weighted by Crippen LogP contribution is 2.44. The van der Waals surface area contributed by atoms with Gasteiger partial charge in [-0.1, -0.05) is 48.5 Å². The van der Waals surface area contributed by atoms with Crippen LogP contribution in [0.25, 0.3) is 11.1 Å². The summed E-state index contributed by atoms with van der Waals surface area (Å²) in [6.07, 6.45) is 1.63. The van der Waals surface area contributed by atoms with Crippen LogP contribution >= 0.6 is 0 Å². The molecule has 1 fully saturated rings. The summed E-state index contributed by atoms with van der Waals surface area (Å²) in [7, 11) is 3.66. The molecule has 8 heteroatoms. The lowest BCUT2D eigenvalue weighted by molar-refractivity contribution is -0.138. The Labute approximate surface area is 205 Å². The van der Waals surface area contributed by atoms with Crippen molar-refractivity contribution in [2.24, 2.45) is 5.92 Å². The summed E-state index contributed by atoms with van der Waals surface area (Å²) in [6.45, 7) is 0.497. The van der Waals surface area contributed by atoms with E-state index in [-0.39, 0.29) is 36.8 Å². The molecular weight excluding hydrogens is 446 g/mol. The van der Waals surface area contributed by atoms with Crippen LogP contribution in [-0.2, 0) is 14.3 Å². The van der Waals surface area contributed by atoms with Crippen LogP contribution in [0.1, 0.15) is 42.7 Å². The SMILES string of the molecule is CN(C)C[C@H](NC(=O)OCC1c2ccccc2-c2ccccc21)C(=O)N[C@@H]1CC[C@H](CC(=O)O)C1. The highest BCUT2D eigenvalue weighted by Gasteiger charge is 2.32. The fourth-order valence-corrected chi connectivity index (χ4v) is 5.28. The first-order valence-corrected chi connectivity index (χ1v) is 12.1. The Morgan fingerprint density at radius 3 is 2.26 bits per heavy atom. The molecule has 0 aliphatic heterocycles. The van der Waals surface area contributed by atoms with E-state index in [1.807, 2.05) is 43.3 Å². The van der Waals surface area contributed by atoms with E-state index in [4.69, 9.17) is 9.84 Å². The van der Waals surface area contributed by atoms with Gasteiger partial charge in [-0.15, -0.1) is 0 Å². The molecule has 8 nitrogen and oxygen atoms in total. The van der Waals surface area contributed by atoms with Crippen LogP contribution < -0.4 is 10.6 Å². The first-order chi connectivity index (χ1) is 16.8. The number of likely N-dealkylation sites (N-methyl/N-ethyl adjacent to an activating group) is 1. The van der Waals surface area contributed by atoms with Gasteiger partial charge in [0.1, 0.15) is 12.6 Å². The van der Waals surface area contributed by atoms with Gasteiger partial charge in [0.2, 0.25) is 5.91 Å². The number of nitrogens with one attached hydrogen (secondary N) is 2. The molecule has 0 saturated heterocycles. The van der Waals surface area contributed by atoms with Gasteiger partial charge in [0.25, 0.3) is 0 Å². The lowest BCUT2D eigenvalue weighted by atomic mass is 9.98. The standard InChI is InChI=1S/C27H33N3O5/c1-30(2)15-24(26(33)28-18-12-11-17(13-18)14-25(31)32)29-27(34)35-16-23-21-9-5-3-7-19(21)20-8-4-6-10-22(20)23/h3-10,17-18,23-24H,11-16H2,1-2H3,(H,28,33)(H,29,34)(H,31,32)/t17-,18+,24-/m0/s1. The van der Waals surface area contributed by atoms with Crippen LogP contribution in [0.4, 0.5) is 4.79 Å². The zero-order chi connectivity index (χ0) is 24.9. The molecule has 2 aromatic carbocycles. The number of nitrogens with zero attached hydrogens (tertiary/aromatic N) is 1. The molecule has 2 amide bonds. The first-order valence-electron chi connectivity index (χ1n) is 12.1. The second kappa shape index (κ2) is 10.9. The summed E-state index contributed by atoms with van der Waals surface area (Å²) in [6, 6.07) is 15.4. The molecule has 0 radical (unpaired) electrons. The minimum absolute atomic E-state index is 0.0565. The lowest BCUT2D eigenvalue weighted by Gasteiger charge is -2.24. The number of alkyl carbamates (subject to hydrolysis) is 1. The van der Waals surface area contributed by atoms with Gasteiger partial charge >= 0.3 is 12.1 Å². The third kappa shape index (κ3) is 6.00. The molecule has 3 atom stereocenters. The van der Waals surface area contributed by atoms with Crippen molar-refractivity contribution < 1.29 is 24.2 Å². The zero-order valence-corrected chi connectivity index (χ0v) is 20.2. The summed E-state index contributed by atoms with van der Waals surface area (Å²) in [5, 5.41) is 14.7. The second-order valence-corrected chi connectivity index (χ2v) is 9.77. The smallest absolute Gasteiger partial charge is 0.407 e. The van der Waals surface area contributed by atoms with Gasteiger partial charge in [0.15, 0.2) is 0 Å². The van der Waals surface area contributed by atoms with E-state index in [0.29, 0.717) is 13.0 Å². The number of hydrogen-bond acceptors (Lipinski definition) is 5. The molecule has 0 spiro atoms. The number of carboxylic acids is 1. The highest BCUT2D eigenvalue weighted by molar-refractivity contribution is 5.86. The Kier molecular flexibility index (Phi) is 7.70. The molecule has 2 aliphatic rings. The van der Waals surface area contributed by atoms with Crippen LogP contribution in [-0.4, -0.2) is 67.3 Å². The number of amides is 2. The molecule has 4 rings (SSSR count). The van der Waals surface area contributed by atoms with Crippen molar-refractivity contribution in [3.8, 4) is 11.1 Å². The van der Waals surface area contributed by atoms with Crippen LogP contribution in [0, 0.1) is 5.92 Å². The summed E-state index contributed by atoms with van der Waals surface area (Å²) in [5.41, 5.74) is 4.56. The lowest BCUT2D eigenvalue weighted by Crippen LogP contribution is -2.53. The van der Waals surface area contributed by atoms with E-state index in [9.17, 15) is 14.4 Å². The Bertz CT molecular complexity index is 1040. The van der Waals surface area contributed by atoms with Gasteiger partial charge in [0, 0.05) is 24.9 Å². The topological polar surface area (TPSA) is 108 Å². The molecule has 3 N–H and O–H groups in total. The van der Waals surface area contributed by atoms with Gasteiger partial charge in [0.05, 0.1) is 0 Å². The van der Waals surface area contributed by atoms with Gasteiger partial charge < -0.3 is 25.4 Å². The molecule has 0 aromatic heterocycles. The monoisotopic (exact) mass is 479 g/mol. The number of carbonyl (C=O) groups is 3. The van der Waals surface area contributed by atoms with Crippen molar-refractivity contribution in [2.45, 2.75) is 43.7 Å². The van der Waals surface area contributed by atoms with E-state index in [1.165, 1.54) is 0 Å². The van der Waals surface area contributed by atoms with Crippen LogP contribution in [0.5, 0.6) is 0 Å². The molecule has 0 bridgehead atoms. The van der Waals surface area contributed by atoms with Crippen LogP contribution in [0.15, 0.2) is 48.5 Å². The van der Waals surface area contributed by atoms with Gasteiger partial charge in [-0.05, 0) is 61.5 Å². The largest absolute Gasteiger partial charge is 0.481 e. The third-order valence-corrected chi connectivity index (χ3v) is 6.85. The first kappa shape index (κ1) is 24.7. The number of ether oxygens (including phenoxy) is 1. The average Bonchev–Trinajstić information content (AvgIpc) is 3.38. The average molecular weight is 480 g/mol. The minimum Gasteiger partial charge on any atom is -0.481 e. The maximum atomic E-state index is 13.0. The van der Waals surface area contributed by atoms with Crippen molar-refractivity contribution in [1.82, 2.24) is 15.5 Å². The molecule has 35 heavy (non-hydrogen) atoms. The number of fused-ring (bicyclic) bond motifs is 3. The summed E-state index contributed by atoms with van der Waals surface area (Å²) in [4.78, 5) is 38.5. The predicted molar refractivity (Wildman–Crippen MR) is 132 cm³/mol. The quantitative estimate of drug-likeness (QED) is 0.510. The number of carboxylic acid groups (broad SMARTS) is 1. The fraction of sp³-hybridized carbons (Fsp3) is 0.444. The molecule has 1 saturated carbocycles. The molecule has 2 aliphatic carbocycles. The van der Waals surface area contributed by atoms with Crippen molar-refractivity contribution in [2.75, 3.05) is 27.2 Å².